The van der Waals surface area contributed by atoms with Crippen LogP contribution in [0.1, 0.15) is 51.2 Å². The zero-order valence-corrected chi connectivity index (χ0v) is 16.7. The van der Waals surface area contributed by atoms with Crippen molar-refractivity contribution in [3.8, 4) is 0 Å². The average Bonchev–Trinajstić information content (AvgIpc) is 2.75. The van der Waals surface area contributed by atoms with E-state index < -0.39 is 0 Å². The van der Waals surface area contributed by atoms with E-state index in [0.717, 1.165) is 11.3 Å². The van der Waals surface area contributed by atoms with E-state index in [2.05, 4.69) is 5.32 Å². The molecule has 1 atom stereocenters. The molecule has 0 bridgehead atoms. The summed E-state index contributed by atoms with van der Waals surface area (Å²) in [5.41, 5.74) is 4.24. The van der Waals surface area contributed by atoms with Crippen LogP contribution in [0.3, 0.4) is 0 Å². The highest BCUT2D eigenvalue weighted by atomic mass is 16.5. The number of ketones is 1. The molecule has 0 aliphatic carbocycles. The van der Waals surface area contributed by atoms with Crippen LogP contribution in [0.25, 0.3) is 0 Å². The van der Waals surface area contributed by atoms with Gasteiger partial charge >= 0.3 is 5.97 Å². The molecule has 0 amide bonds. The number of anilines is 1. The normalized spacial score (nSPS) is 11.5. The minimum absolute atomic E-state index is 0.0758. The Bertz CT molecular complexity index is 948. The summed E-state index contributed by atoms with van der Waals surface area (Å²) in [5.74, 6) is -0.264. The zero-order chi connectivity index (χ0) is 20.6. The Labute approximate surface area is 171 Å². The number of hydrogen-bond acceptors (Lipinski definition) is 4. The van der Waals surface area contributed by atoms with Crippen molar-refractivity contribution in [2.75, 3.05) is 11.9 Å². The summed E-state index contributed by atoms with van der Waals surface area (Å²) in [6.45, 7) is 4.16. The van der Waals surface area contributed by atoms with Gasteiger partial charge in [0.1, 0.15) is 0 Å². The van der Waals surface area contributed by atoms with E-state index in [0.29, 0.717) is 24.2 Å². The third-order valence-corrected chi connectivity index (χ3v) is 4.70. The second-order valence-corrected chi connectivity index (χ2v) is 6.90. The standard InChI is InChI=1S/C25H25NO3/c1-3-29-25(28)21-13-15-22(16-14-21)26-23(19-11-9-18(2)10-12-19)17-24(27)20-7-5-4-6-8-20/h4-16,23,26H,3,17H2,1-2H3. The molecule has 0 aromatic heterocycles. The van der Waals surface area contributed by atoms with Crippen LogP contribution in [0.5, 0.6) is 0 Å². The highest BCUT2D eigenvalue weighted by molar-refractivity contribution is 5.96. The molecule has 0 fully saturated rings. The molecule has 4 nitrogen and oxygen atoms in total. The first kappa shape index (κ1) is 20.3. The molecule has 0 aliphatic heterocycles. The predicted octanol–water partition coefficient (Wildman–Crippen LogP) is 5.60. The fourth-order valence-corrected chi connectivity index (χ4v) is 3.10. The Balaban J connectivity index is 1.80. The lowest BCUT2D eigenvalue weighted by molar-refractivity contribution is 0.0526. The quantitative estimate of drug-likeness (QED) is 0.404. The maximum absolute atomic E-state index is 12.8. The first-order valence-corrected chi connectivity index (χ1v) is 9.75. The van der Waals surface area contributed by atoms with Gasteiger partial charge in [-0.1, -0.05) is 60.2 Å². The molecule has 29 heavy (non-hydrogen) atoms. The molecule has 0 radical (unpaired) electrons. The van der Waals surface area contributed by atoms with Crippen LogP contribution >= 0.6 is 0 Å². The molecule has 148 valence electrons. The van der Waals surface area contributed by atoms with Gasteiger partial charge in [-0.05, 0) is 43.7 Å². The zero-order valence-electron chi connectivity index (χ0n) is 16.7. The smallest absolute Gasteiger partial charge is 0.338 e. The Morgan fingerprint density at radius 1 is 0.862 bits per heavy atom. The lowest BCUT2D eigenvalue weighted by atomic mass is 9.97. The van der Waals surface area contributed by atoms with E-state index in [1.807, 2.05) is 73.7 Å². The highest BCUT2D eigenvalue weighted by Gasteiger charge is 2.17. The number of esters is 1. The number of Topliss-reactive ketones (excluding diaryl/α,β-unsaturated/α-hetero) is 1. The molecule has 0 aliphatic rings. The first-order valence-electron chi connectivity index (χ1n) is 9.75. The van der Waals surface area contributed by atoms with Gasteiger partial charge in [0.15, 0.2) is 5.78 Å². The van der Waals surface area contributed by atoms with Gasteiger partial charge in [0.05, 0.1) is 18.2 Å². The van der Waals surface area contributed by atoms with Crippen molar-refractivity contribution in [1.82, 2.24) is 0 Å². The highest BCUT2D eigenvalue weighted by Crippen LogP contribution is 2.25. The molecular formula is C25H25NO3. The largest absolute Gasteiger partial charge is 0.462 e. The maximum Gasteiger partial charge on any atom is 0.338 e. The Morgan fingerprint density at radius 2 is 1.52 bits per heavy atom. The van der Waals surface area contributed by atoms with Crippen LogP contribution in [0, 0.1) is 6.92 Å². The third-order valence-electron chi connectivity index (χ3n) is 4.70. The summed E-state index contributed by atoms with van der Waals surface area (Å²) >= 11 is 0. The van der Waals surface area contributed by atoms with Crippen LogP contribution in [0.4, 0.5) is 5.69 Å². The van der Waals surface area contributed by atoms with Crippen molar-refractivity contribution >= 4 is 17.4 Å². The van der Waals surface area contributed by atoms with Crippen molar-refractivity contribution in [2.24, 2.45) is 0 Å². The number of rotatable bonds is 8. The van der Waals surface area contributed by atoms with Crippen molar-refractivity contribution in [2.45, 2.75) is 26.3 Å². The average molecular weight is 387 g/mol. The summed E-state index contributed by atoms with van der Waals surface area (Å²) in [6, 6.07) is 24.4. The summed E-state index contributed by atoms with van der Waals surface area (Å²) in [7, 11) is 0. The van der Waals surface area contributed by atoms with Crippen LogP contribution in [0.15, 0.2) is 78.9 Å². The van der Waals surface area contributed by atoms with Crippen LogP contribution in [-0.2, 0) is 4.74 Å². The molecule has 0 spiro atoms. The van der Waals surface area contributed by atoms with Crippen LogP contribution in [0.2, 0.25) is 0 Å². The molecule has 1 unspecified atom stereocenters. The van der Waals surface area contributed by atoms with Gasteiger partial charge in [-0.2, -0.15) is 0 Å². The Kier molecular flexibility index (Phi) is 6.80. The van der Waals surface area contributed by atoms with E-state index in [9.17, 15) is 9.59 Å². The summed E-state index contributed by atoms with van der Waals surface area (Å²) < 4.78 is 5.03. The molecule has 4 heteroatoms. The van der Waals surface area contributed by atoms with E-state index in [-0.39, 0.29) is 17.8 Å². The Hall–Kier alpha value is -3.40. The van der Waals surface area contributed by atoms with E-state index >= 15 is 0 Å². The van der Waals surface area contributed by atoms with Crippen molar-refractivity contribution in [3.05, 3.63) is 101 Å². The van der Waals surface area contributed by atoms with Gasteiger partial charge in [0, 0.05) is 17.7 Å². The molecule has 3 aromatic rings. The first-order chi connectivity index (χ1) is 14.1. The molecule has 1 N–H and O–H groups in total. The minimum atomic E-state index is -0.339. The molecule has 3 rings (SSSR count). The molecule has 3 aromatic carbocycles. The fraction of sp³-hybridized carbons (Fsp3) is 0.200. The minimum Gasteiger partial charge on any atom is -0.462 e. The van der Waals surface area contributed by atoms with Gasteiger partial charge in [0.2, 0.25) is 0 Å². The van der Waals surface area contributed by atoms with Gasteiger partial charge in [0.25, 0.3) is 0 Å². The van der Waals surface area contributed by atoms with Gasteiger partial charge in [-0.15, -0.1) is 0 Å². The predicted molar refractivity (Wildman–Crippen MR) is 115 cm³/mol. The van der Waals surface area contributed by atoms with Crippen molar-refractivity contribution in [3.63, 3.8) is 0 Å². The topological polar surface area (TPSA) is 55.4 Å². The third kappa shape index (κ3) is 5.55. The second-order valence-electron chi connectivity index (χ2n) is 6.90. The van der Waals surface area contributed by atoms with E-state index in [4.69, 9.17) is 4.74 Å². The lowest BCUT2D eigenvalue weighted by Gasteiger charge is -2.20. The number of benzene rings is 3. The van der Waals surface area contributed by atoms with Crippen LogP contribution in [-0.4, -0.2) is 18.4 Å². The molecule has 0 heterocycles. The SMILES string of the molecule is CCOC(=O)c1ccc(NC(CC(=O)c2ccccc2)c2ccc(C)cc2)cc1. The molecule has 0 saturated carbocycles. The number of carbonyl (C=O) groups excluding carboxylic acids is 2. The monoisotopic (exact) mass is 387 g/mol. The Morgan fingerprint density at radius 3 is 2.14 bits per heavy atom. The number of aryl methyl sites for hydroxylation is 1. The number of carbonyl (C=O) groups is 2. The number of hydrogen-bond donors (Lipinski definition) is 1. The molecular weight excluding hydrogens is 362 g/mol. The van der Waals surface area contributed by atoms with Gasteiger partial charge in [-0.3, -0.25) is 4.79 Å². The summed E-state index contributed by atoms with van der Waals surface area (Å²) in [6.07, 6.45) is 0.326. The maximum atomic E-state index is 12.8. The van der Waals surface area contributed by atoms with E-state index in [1.165, 1.54) is 5.56 Å². The van der Waals surface area contributed by atoms with Gasteiger partial charge < -0.3 is 10.1 Å². The molecule has 0 saturated heterocycles. The summed E-state index contributed by atoms with van der Waals surface area (Å²) in [4.78, 5) is 24.6. The fourth-order valence-electron chi connectivity index (χ4n) is 3.10. The van der Waals surface area contributed by atoms with Crippen molar-refractivity contribution < 1.29 is 14.3 Å². The lowest BCUT2D eigenvalue weighted by Crippen LogP contribution is -2.16. The van der Waals surface area contributed by atoms with Crippen LogP contribution < -0.4 is 5.32 Å². The second kappa shape index (κ2) is 9.69. The number of ether oxygens (including phenoxy) is 1. The van der Waals surface area contributed by atoms with Gasteiger partial charge in [-0.25, -0.2) is 4.79 Å². The number of nitrogens with one attached hydrogen (secondary N) is 1. The summed E-state index contributed by atoms with van der Waals surface area (Å²) in [5, 5.41) is 3.44. The van der Waals surface area contributed by atoms with E-state index in [1.54, 1.807) is 19.1 Å². The van der Waals surface area contributed by atoms with Crippen molar-refractivity contribution in [1.29, 1.82) is 0 Å².